The fraction of sp³-hybridized carbons (Fsp3) is 0.195. The maximum atomic E-state index is 12.7. The molecule has 6 aliphatic heterocycles. The second-order valence-electron chi connectivity index (χ2n) is 35.4. The highest BCUT2D eigenvalue weighted by atomic mass is 16.7. The van der Waals surface area contributed by atoms with E-state index in [1.165, 1.54) is 26.9 Å². The van der Waals surface area contributed by atoms with Crippen molar-refractivity contribution in [3.63, 3.8) is 0 Å². The van der Waals surface area contributed by atoms with Gasteiger partial charge in [-0.2, -0.15) is 0 Å². The Hall–Kier alpha value is -16.8. The molecule has 0 aliphatic carbocycles. The van der Waals surface area contributed by atoms with Crippen LogP contribution >= 0.6 is 0 Å². The van der Waals surface area contributed by atoms with Gasteiger partial charge in [-0.3, -0.25) is 19.2 Å². The van der Waals surface area contributed by atoms with Crippen molar-refractivity contribution in [3.05, 3.63) is 361 Å². The van der Waals surface area contributed by atoms with Crippen molar-refractivity contribution in [2.24, 2.45) is 0 Å². The van der Waals surface area contributed by atoms with Gasteiger partial charge in [0.25, 0.3) is 6.29 Å². The van der Waals surface area contributed by atoms with Crippen LogP contribution in [0.15, 0.2) is 328 Å². The zero-order chi connectivity index (χ0) is 97.0. The van der Waals surface area contributed by atoms with E-state index in [9.17, 15) is 52.7 Å². The van der Waals surface area contributed by atoms with E-state index in [0.717, 1.165) is 133 Å². The molecule has 24 rings (SSSR count). The van der Waals surface area contributed by atoms with E-state index >= 15 is 0 Å². The maximum absolute atomic E-state index is 12.7. The molecule has 6 atom stereocenters. The van der Waals surface area contributed by atoms with Crippen LogP contribution < -0.4 is 0 Å². The number of hydrogen-bond donors (Lipinski definition) is 0. The molecular formula is C118H94O23. The van der Waals surface area contributed by atoms with Gasteiger partial charge in [0.2, 0.25) is 12.4 Å². The zero-order valence-electron chi connectivity index (χ0n) is 76.8. The number of benzene rings is 18. The minimum absolute atomic E-state index is 0.106. The Labute approximate surface area is 807 Å². The lowest BCUT2D eigenvalue weighted by molar-refractivity contribution is -0.203. The van der Waals surface area contributed by atoms with Crippen LogP contribution in [0.5, 0.6) is 0 Å². The van der Waals surface area contributed by atoms with Gasteiger partial charge in [0.05, 0.1) is 41.9 Å². The minimum Gasteiger partial charge on any atom is -0.464 e. The summed E-state index contributed by atoms with van der Waals surface area (Å²) >= 11 is 0. The third-order valence-electron chi connectivity index (χ3n) is 25.7. The fourth-order valence-electron chi connectivity index (χ4n) is 18.0. The number of fused-ring (bicyclic) bond motifs is 12. The van der Waals surface area contributed by atoms with E-state index in [1.807, 2.05) is 225 Å². The smallest absolute Gasteiger partial charge is 0.351 e. The molecule has 6 unspecified atom stereocenters. The molecule has 23 heteroatoms. The highest BCUT2D eigenvalue weighted by Gasteiger charge is 2.40. The van der Waals surface area contributed by atoms with Crippen LogP contribution in [0.4, 0.5) is 0 Å². The van der Waals surface area contributed by atoms with E-state index < -0.39 is 66.2 Å². The molecule has 6 saturated heterocycles. The molecule has 18 aromatic rings. The van der Waals surface area contributed by atoms with Gasteiger partial charge in [-0.05, 0) is 283 Å². The Morgan fingerprint density at radius 1 is 0.319 bits per heavy atom. The summed E-state index contributed by atoms with van der Waals surface area (Å²) in [5.41, 5.74) is 3.16. The van der Waals surface area contributed by atoms with Gasteiger partial charge in [-0.15, -0.1) is 0 Å². The molecule has 0 saturated carbocycles. The van der Waals surface area contributed by atoms with E-state index in [-0.39, 0.29) is 62.2 Å². The molecule has 6 fully saturated rings. The lowest BCUT2D eigenvalue weighted by Crippen LogP contribution is -2.43. The van der Waals surface area contributed by atoms with Gasteiger partial charge >= 0.3 is 65.7 Å². The summed E-state index contributed by atoms with van der Waals surface area (Å²) in [6.45, 7) is 3.14. The van der Waals surface area contributed by atoms with Gasteiger partial charge in [0.1, 0.15) is 32.3 Å². The first-order valence-corrected chi connectivity index (χ1v) is 46.9. The van der Waals surface area contributed by atoms with Gasteiger partial charge in [-0.1, -0.05) is 231 Å². The Balaban J connectivity index is 0.000000108. The van der Waals surface area contributed by atoms with Gasteiger partial charge in [0, 0.05) is 19.3 Å². The maximum Gasteiger partial charge on any atom is 0.351 e. The Kier molecular flexibility index (Phi) is 27.8. The summed E-state index contributed by atoms with van der Waals surface area (Å²) < 4.78 is 62.2. The van der Waals surface area contributed by atoms with Crippen molar-refractivity contribution in [2.45, 2.75) is 127 Å². The number of hydrogen-bond acceptors (Lipinski definition) is 23. The SMILES string of the molecule is CC1(OCc2cccc3cc4ccccc4cc23)CCCOC1=O.O=C(OC1COC1=O)c1cccc2cc3ccccc3cc12.O=C1CC(COC(=O)c2cccc3cc4ccccc4cc23)O1.O=C1CC(OC(=O)c2cccc3cc4ccccc4cc23)O1.O=C1CCCC(C(=O)OCc2cccc3cc4ccccc4cc23)O1.O=C1CCCCC(OC(=O)c2cccc3cc4ccccc4cc23)O1. The molecule has 0 aromatic heterocycles. The van der Waals surface area contributed by atoms with Crippen LogP contribution in [-0.2, 0) is 104 Å². The van der Waals surface area contributed by atoms with Crippen molar-refractivity contribution in [2.75, 3.05) is 19.8 Å². The number of ether oxygens (including phenoxy) is 12. The van der Waals surface area contributed by atoms with Crippen molar-refractivity contribution in [3.8, 4) is 0 Å². The van der Waals surface area contributed by atoms with Crippen LogP contribution in [0.2, 0.25) is 0 Å². The highest BCUT2D eigenvalue weighted by molar-refractivity contribution is 6.14. The number of carbonyl (C=O) groups excluding carboxylic acids is 11. The van der Waals surface area contributed by atoms with E-state index in [0.29, 0.717) is 80.4 Å². The van der Waals surface area contributed by atoms with Crippen LogP contribution in [-0.4, -0.2) is 122 Å². The fourth-order valence-corrected chi connectivity index (χ4v) is 18.0. The largest absolute Gasteiger partial charge is 0.464 e. The first-order valence-electron chi connectivity index (χ1n) is 46.9. The van der Waals surface area contributed by atoms with Crippen molar-refractivity contribution in [1.29, 1.82) is 0 Å². The Morgan fingerprint density at radius 3 is 1.06 bits per heavy atom. The molecule has 704 valence electrons. The summed E-state index contributed by atoms with van der Waals surface area (Å²) in [6.07, 6.45) is 2.69. The first kappa shape index (κ1) is 93.2. The summed E-state index contributed by atoms with van der Waals surface area (Å²) in [4.78, 5) is 129. The number of carbonyl (C=O) groups is 11. The molecule has 6 heterocycles. The predicted octanol–water partition coefficient (Wildman–Crippen LogP) is 23.3. The molecule has 141 heavy (non-hydrogen) atoms. The lowest BCUT2D eigenvalue weighted by Gasteiger charge is -2.31. The monoisotopic (exact) mass is 1880 g/mol. The van der Waals surface area contributed by atoms with Crippen LogP contribution in [0.1, 0.15) is 130 Å². The first-order chi connectivity index (χ1) is 68.7. The van der Waals surface area contributed by atoms with Crippen molar-refractivity contribution < 1.29 is 110 Å². The molecule has 0 amide bonds. The highest BCUT2D eigenvalue weighted by Crippen LogP contribution is 2.37. The average Bonchev–Trinajstić information content (AvgIpc) is 1.15. The van der Waals surface area contributed by atoms with Gasteiger partial charge in [-0.25, -0.2) is 33.6 Å². The minimum atomic E-state index is -0.836. The molecule has 0 radical (unpaired) electrons. The number of cyclic esters (lactones) is 6. The lowest BCUT2D eigenvalue weighted by atomic mass is 9.97. The summed E-state index contributed by atoms with van der Waals surface area (Å²) in [5.74, 6) is -4.26. The molecule has 18 aromatic carbocycles. The normalized spacial score (nSPS) is 18.0. The third kappa shape index (κ3) is 21.6. The van der Waals surface area contributed by atoms with Gasteiger partial charge in [0.15, 0.2) is 11.7 Å². The van der Waals surface area contributed by atoms with Gasteiger partial charge < -0.3 is 56.8 Å². The Morgan fingerprint density at radius 2 is 0.674 bits per heavy atom. The molecule has 0 N–H and O–H groups in total. The van der Waals surface area contributed by atoms with E-state index in [4.69, 9.17) is 52.1 Å². The van der Waals surface area contributed by atoms with Crippen molar-refractivity contribution in [1.82, 2.24) is 0 Å². The van der Waals surface area contributed by atoms with Crippen molar-refractivity contribution >= 4 is 195 Å². The van der Waals surface area contributed by atoms with E-state index in [1.54, 1.807) is 24.3 Å². The second-order valence-corrected chi connectivity index (χ2v) is 35.4. The molecule has 6 aliphatic rings. The third-order valence-corrected chi connectivity index (χ3v) is 25.7. The van der Waals surface area contributed by atoms with Crippen LogP contribution in [0.25, 0.3) is 129 Å². The number of rotatable bonds is 15. The molecule has 23 nitrogen and oxygen atoms in total. The average molecular weight is 1880 g/mol. The Bertz CT molecular complexity index is 7980. The summed E-state index contributed by atoms with van der Waals surface area (Å²) in [7, 11) is 0. The van der Waals surface area contributed by atoms with Crippen LogP contribution in [0.3, 0.4) is 0 Å². The predicted molar refractivity (Wildman–Crippen MR) is 534 cm³/mol. The quantitative estimate of drug-likeness (QED) is 0.0523. The number of esters is 11. The zero-order valence-corrected chi connectivity index (χ0v) is 76.8. The standard InChI is InChI=1S/2C21H18O4.C21H20O3.C19H14O4.2C18H12O4/c22-20-10-4-9-19(25-20)21(23)24-13-17-8-3-7-16-11-14-5-1-2-6-15(14)12-18(16)17;22-19-10-3-4-11-20(24-19)25-21(23)17-9-5-8-16-12-14-6-1-2-7-15(14)13-18(16)17;1-21(10-5-11-23-20(21)22)24-14-18-9-4-8-17-12-15-6-2-3-7-16(15)13-19(17)18;20-18-10-15(23-18)11-22-19(21)16-7-3-6-14-8-12-4-1-2-5-13(12)9-17(14)16;19-17(22-16-10-21-18(16)20)14-7-3-6-13-8-11-4-1-2-5-12(11)9-15(13)14;19-16-10-17(21-16)22-18(20)14-7-3-6-13-8-11-4-1-2-5-12(11)9-15(13)14/h1-3,5-8,11-12,19H,4,9-10,13H2;1-2,5-9,12-13,20H,3-4,10-11H2;2-4,6-9,12-13H,5,10-11,14H2,1H3;1-9,15H,10-11H2;1-9,16H,10H2;1-9,17H,10H2. The summed E-state index contributed by atoms with van der Waals surface area (Å²) in [5, 5.41) is 25.3. The molecule has 0 spiro atoms. The van der Waals surface area contributed by atoms with Crippen LogP contribution in [0, 0.1) is 0 Å². The summed E-state index contributed by atoms with van der Waals surface area (Å²) in [6, 6.07) is 108. The second kappa shape index (κ2) is 42.0. The molecular weight excluding hydrogens is 1790 g/mol. The molecule has 0 bridgehead atoms. The van der Waals surface area contributed by atoms with E-state index in [2.05, 4.69) is 89.7 Å². The topological polar surface area (TPSA) is 299 Å².